The minimum Gasteiger partial charge on any atom is -0.491 e. The van der Waals surface area contributed by atoms with Crippen molar-refractivity contribution in [2.24, 2.45) is 0 Å². The number of ether oxygens (including phenoxy) is 3. The highest BCUT2D eigenvalue weighted by Gasteiger charge is 2.16. The number of hydrogen-bond donors (Lipinski definition) is 0. The highest BCUT2D eigenvalue weighted by atomic mass is 19.1. The zero-order valence-corrected chi connectivity index (χ0v) is 12.3. The number of rotatable bonds is 8. The molecule has 1 aliphatic heterocycles. The summed E-state index contributed by atoms with van der Waals surface area (Å²) in [5, 5.41) is 0. The molecule has 0 bridgehead atoms. The van der Waals surface area contributed by atoms with Crippen molar-refractivity contribution in [3.05, 3.63) is 48.0 Å². The molecule has 20 heavy (non-hydrogen) atoms. The first-order valence-electron chi connectivity index (χ1n) is 6.85. The second-order valence-electron chi connectivity index (χ2n) is 4.42. The van der Waals surface area contributed by atoms with Crippen LogP contribution in [-0.4, -0.2) is 26.1 Å². The Kier molecular flexibility index (Phi) is 7.26. The molecule has 1 saturated heterocycles. The fourth-order valence-corrected chi connectivity index (χ4v) is 1.86. The second kappa shape index (κ2) is 8.72. The van der Waals surface area contributed by atoms with Gasteiger partial charge in [0.15, 0.2) is 12.1 Å². The summed E-state index contributed by atoms with van der Waals surface area (Å²) in [6, 6.07) is 0. The van der Waals surface area contributed by atoms with Gasteiger partial charge in [0.25, 0.3) is 0 Å². The summed E-state index contributed by atoms with van der Waals surface area (Å²) in [7, 11) is 0. The van der Waals surface area contributed by atoms with Crippen molar-refractivity contribution >= 4 is 0 Å². The molecule has 0 aromatic rings. The summed E-state index contributed by atoms with van der Waals surface area (Å²) in [4.78, 5) is 0. The molecular weight excluding hydrogens is 259 g/mol. The maximum atomic E-state index is 13.9. The zero-order chi connectivity index (χ0) is 15.0. The first-order valence-corrected chi connectivity index (χ1v) is 6.85. The van der Waals surface area contributed by atoms with Gasteiger partial charge in [0.05, 0.1) is 19.8 Å². The van der Waals surface area contributed by atoms with Crippen LogP contribution in [0, 0.1) is 0 Å². The minimum atomic E-state index is -0.504. The topological polar surface area (TPSA) is 27.7 Å². The minimum absolute atomic E-state index is 0.00991. The fourth-order valence-electron chi connectivity index (χ4n) is 1.86. The Morgan fingerprint density at radius 1 is 1.35 bits per heavy atom. The van der Waals surface area contributed by atoms with Crippen LogP contribution in [0.1, 0.15) is 26.7 Å². The second-order valence-corrected chi connectivity index (χ2v) is 4.42. The molecule has 0 radical (unpaired) electrons. The molecule has 4 heteroatoms. The molecule has 0 aromatic heterocycles. The van der Waals surface area contributed by atoms with Crippen molar-refractivity contribution in [1.82, 2.24) is 0 Å². The van der Waals surface area contributed by atoms with Crippen molar-refractivity contribution in [3.63, 3.8) is 0 Å². The Labute approximate surface area is 120 Å². The van der Waals surface area contributed by atoms with Crippen LogP contribution in [0.4, 0.5) is 4.39 Å². The molecule has 1 rings (SSSR count). The summed E-state index contributed by atoms with van der Waals surface area (Å²) in [6.07, 6.45) is 4.39. The highest BCUT2D eigenvalue weighted by molar-refractivity contribution is 5.40. The van der Waals surface area contributed by atoms with Gasteiger partial charge < -0.3 is 14.2 Å². The molecule has 0 N–H and O–H groups in total. The molecule has 0 saturated carbocycles. The van der Waals surface area contributed by atoms with Crippen LogP contribution in [0.2, 0.25) is 0 Å². The van der Waals surface area contributed by atoms with Gasteiger partial charge in [0.2, 0.25) is 0 Å². The molecule has 0 spiro atoms. The fraction of sp³-hybridized carbons (Fsp3) is 0.500. The van der Waals surface area contributed by atoms with Gasteiger partial charge in [-0.2, -0.15) is 0 Å². The predicted octanol–water partition coefficient (Wildman–Crippen LogP) is 4.05. The van der Waals surface area contributed by atoms with Gasteiger partial charge >= 0.3 is 0 Å². The van der Waals surface area contributed by atoms with Crippen molar-refractivity contribution in [2.75, 3.05) is 19.8 Å². The van der Waals surface area contributed by atoms with Crippen LogP contribution in [0.25, 0.3) is 0 Å². The maximum absolute atomic E-state index is 13.9. The van der Waals surface area contributed by atoms with E-state index in [9.17, 15) is 4.39 Å². The Hall–Kier alpha value is -1.39. The van der Waals surface area contributed by atoms with E-state index in [1.165, 1.54) is 6.08 Å². The average Bonchev–Trinajstić information content (AvgIpc) is 2.93. The Bertz CT molecular complexity index is 404. The monoisotopic (exact) mass is 282 g/mol. The van der Waals surface area contributed by atoms with E-state index in [1.54, 1.807) is 0 Å². The van der Waals surface area contributed by atoms with Crippen LogP contribution >= 0.6 is 0 Å². The van der Waals surface area contributed by atoms with E-state index < -0.39 is 5.83 Å². The zero-order valence-electron chi connectivity index (χ0n) is 12.3. The summed E-state index contributed by atoms with van der Waals surface area (Å²) in [6.45, 7) is 12.8. The van der Waals surface area contributed by atoms with Gasteiger partial charge in [0.1, 0.15) is 5.76 Å². The quantitative estimate of drug-likeness (QED) is 0.496. The van der Waals surface area contributed by atoms with Crippen LogP contribution in [0.15, 0.2) is 48.0 Å². The molecule has 0 amide bonds. The SMILES string of the molecule is C=C(OCCC1OCCO1)/C(F)=C\C(=C)/C(=C/C)CC. The molecule has 1 heterocycles. The number of hydrogen-bond acceptors (Lipinski definition) is 3. The number of halogens is 1. The third kappa shape index (κ3) is 5.31. The summed E-state index contributed by atoms with van der Waals surface area (Å²) in [5.41, 5.74) is 1.64. The van der Waals surface area contributed by atoms with E-state index in [1.807, 2.05) is 19.9 Å². The first kappa shape index (κ1) is 16.7. The summed E-state index contributed by atoms with van der Waals surface area (Å²) in [5.74, 6) is -0.494. The molecule has 0 aromatic carbocycles. The Morgan fingerprint density at radius 2 is 2.00 bits per heavy atom. The molecule has 1 aliphatic rings. The molecule has 0 unspecified atom stereocenters. The van der Waals surface area contributed by atoms with Crippen LogP contribution < -0.4 is 0 Å². The van der Waals surface area contributed by atoms with Gasteiger partial charge in [-0.15, -0.1) is 0 Å². The van der Waals surface area contributed by atoms with E-state index in [0.29, 0.717) is 31.8 Å². The van der Waals surface area contributed by atoms with Crippen molar-refractivity contribution in [1.29, 1.82) is 0 Å². The Balaban J connectivity index is 2.39. The van der Waals surface area contributed by atoms with E-state index in [-0.39, 0.29) is 12.0 Å². The summed E-state index contributed by atoms with van der Waals surface area (Å²) >= 11 is 0. The lowest BCUT2D eigenvalue weighted by Gasteiger charge is -2.11. The van der Waals surface area contributed by atoms with Gasteiger partial charge in [-0.05, 0) is 30.6 Å². The van der Waals surface area contributed by atoms with Crippen molar-refractivity contribution in [3.8, 4) is 0 Å². The number of allylic oxidation sites excluding steroid dienone is 5. The largest absolute Gasteiger partial charge is 0.491 e. The van der Waals surface area contributed by atoms with Gasteiger partial charge in [-0.25, -0.2) is 4.39 Å². The van der Waals surface area contributed by atoms with Crippen molar-refractivity contribution in [2.45, 2.75) is 33.0 Å². The van der Waals surface area contributed by atoms with Gasteiger partial charge in [-0.1, -0.05) is 26.2 Å². The van der Waals surface area contributed by atoms with Gasteiger partial charge in [0, 0.05) is 6.42 Å². The van der Waals surface area contributed by atoms with E-state index in [2.05, 4.69) is 13.2 Å². The van der Waals surface area contributed by atoms with E-state index in [0.717, 1.165) is 12.0 Å². The molecule has 0 aliphatic carbocycles. The Morgan fingerprint density at radius 3 is 2.55 bits per heavy atom. The highest BCUT2D eigenvalue weighted by Crippen LogP contribution is 2.20. The normalized spacial score (nSPS) is 17.4. The predicted molar refractivity (Wildman–Crippen MR) is 77.8 cm³/mol. The lowest BCUT2D eigenvalue weighted by atomic mass is 10.0. The molecular formula is C16H23FO3. The standard InChI is InChI=1S/C16H23FO3/c1-5-14(6-2)12(3)11-15(17)13(4)18-8-7-16-19-9-10-20-16/h5,11,16H,3-4,6-10H2,1-2H3/b14-5+,15-11+. The molecule has 0 atom stereocenters. The van der Waals surface area contributed by atoms with Crippen LogP contribution in [0.3, 0.4) is 0 Å². The molecule has 112 valence electrons. The van der Waals surface area contributed by atoms with E-state index in [4.69, 9.17) is 14.2 Å². The lowest BCUT2D eigenvalue weighted by molar-refractivity contribution is -0.0571. The van der Waals surface area contributed by atoms with Crippen molar-refractivity contribution < 1.29 is 18.6 Å². The summed E-state index contributed by atoms with van der Waals surface area (Å²) < 4.78 is 29.6. The van der Waals surface area contributed by atoms with Crippen LogP contribution in [-0.2, 0) is 14.2 Å². The third-order valence-corrected chi connectivity index (χ3v) is 3.03. The molecule has 1 fully saturated rings. The molecule has 3 nitrogen and oxygen atoms in total. The maximum Gasteiger partial charge on any atom is 0.165 e. The third-order valence-electron chi connectivity index (χ3n) is 3.03. The average molecular weight is 282 g/mol. The lowest BCUT2D eigenvalue weighted by Crippen LogP contribution is -2.11. The van der Waals surface area contributed by atoms with Gasteiger partial charge in [-0.3, -0.25) is 0 Å². The van der Waals surface area contributed by atoms with Crippen LogP contribution in [0.5, 0.6) is 0 Å². The first-order chi connectivity index (χ1) is 9.58. The smallest absolute Gasteiger partial charge is 0.165 e. The van der Waals surface area contributed by atoms with E-state index >= 15 is 0 Å².